The first-order valence-corrected chi connectivity index (χ1v) is 9.50. The molecule has 0 fully saturated rings. The van der Waals surface area contributed by atoms with Crippen LogP contribution in [0.4, 0.5) is 5.69 Å². The van der Waals surface area contributed by atoms with Crippen LogP contribution in [0.2, 0.25) is 0 Å². The molecule has 2 aromatic carbocycles. The van der Waals surface area contributed by atoms with E-state index in [1.165, 1.54) is 0 Å². The second-order valence-electron chi connectivity index (χ2n) is 6.42. The minimum atomic E-state index is -0.614. The van der Waals surface area contributed by atoms with Gasteiger partial charge in [0.2, 0.25) is 6.54 Å². The SMILES string of the molecule is CCN(OC(=O)c1ccccc1)C(=O)c1ccc[n+](CC(=O)Nc2ccccc2)c1. The summed E-state index contributed by atoms with van der Waals surface area (Å²) in [5.74, 6) is -1.31. The van der Waals surface area contributed by atoms with Crippen molar-refractivity contribution in [3.05, 3.63) is 96.3 Å². The first kappa shape index (κ1) is 20.7. The number of hydroxylamine groups is 2. The Balaban J connectivity index is 1.66. The Hall–Kier alpha value is -4.00. The van der Waals surface area contributed by atoms with Gasteiger partial charge < -0.3 is 10.2 Å². The van der Waals surface area contributed by atoms with Gasteiger partial charge in [0.15, 0.2) is 12.4 Å². The first-order chi connectivity index (χ1) is 14.6. The van der Waals surface area contributed by atoms with E-state index in [4.69, 9.17) is 4.84 Å². The number of para-hydroxylation sites is 1. The molecule has 7 heteroatoms. The maximum Gasteiger partial charge on any atom is 0.363 e. The van der Waals surface area contributed by atoms with Crippen LogP contribution in [0.1, 0.15) is 27.6 Å². The van der Waals surface area contributed by atoms with E-state index in [1.54, 1.807) is 78.5 Å². The largest absolute Gasteiger partial charge is 0.363 e. The van der Waals surface area contributed by atoms with Gasteiger partial charge in [-0.3, -0.25) is 9.59 Å². The lowest BCUT2D eigenvalue weighted by Crippen LogP contribution is -2.41. The Bertz CT molecular complexity index is 1020. The van der Waals surface area contributed by atoms with Gasteiger partial charge in [-0.2, -0.15) is 9.63 Å². The van der Waals surface area contributed by atoms with Crippen LogP contribution in [-0.4, -0.2) is 29.4 Å². The van der Waals surface area contributed by atoms with Crippen molar-refractivity contribution in [3.8, 4) is 0 Å². The Morgan fingerprint density at radius 1 is 0.900 bits per heavy atom. The summed E-state index contributed by atoms with van der Waals surface area (Å²) in [7, 11) is 0. The van der Waals surface area contributed by atoms with Crippen LogP contribution in [0, 0.1) is 0 Å². The van der Waals surface area contributed by atoms with E-state index in [0.717, 1.165) is 5.06 Å². The maximum absolute atomic E-state index is 12.8. The zero-order chi connectivity index (χ0) is 21.3. The molecule has 1 N–H and O–H groups in total. The molecular weight excluding hydrogens is 382 g/mol. The molecule has 0 radical (unpaired) electrons. The third-order valence-electron chi connectivity index (χ3n) is 4.21. The summed E-state index contributed by atoms with van der Waals surface area (Å²) in [5, 5.41) is 3.79. The molecule has 3 aromatic rings. The van der Waals surface area contributed by atoms with Gasteiger partial charge in [-0.05, 0) is 37.3 Å². The highest BCUT2D eigenvalue weighted by atomic mass is 16.7. The second kappa shape index (κ2) is 9.97. The summed E-state index contributed by atoms with van der Waals surface area (Å²) in [6.07, 6.45) is 3.24. The van der Waals surface area contributed by atoms with Gasteiger partial charge in [0, 0.05) is 11.8 Å². The van der Waals surface area contributed by atoms with E-state index in [0.29, 0.717) is 16.8 Å². The molecule has 7 nitrogen and oxygen atoms in total. The number of amides is 2. The van der Waals surface area contributed by atoms with Gasteiger partial charge >= 0.3 is 5.97 Å². The number of carbonyl (C=O) groups excluding carboxylic acids is 3. The van der Waals surface area contributed by atoms with Gasteiger partial charge in [0.25, 0.3) is 11.8 Å². The second-order valence-corrected chi connectivity index (χ2v) is 6.42. The fraction of sp³-hybridized carbons (Fsp3) is 0.130. The molecule has 0 aliphatic carbocycles. The number of nitrogens with one attached hydrogen (secondary N) is 1. The third kappa shape index (κ3) is 5.51. The van der Waals surface area contributed by atoms with E-state index in [9.17, 15) is 14.4 Å². The molecule has 1 heterocycles. The molecule has 0 atom stereocenters. The molecular formula is C23H22N3O4+. The summed E-state index contributed by atoms with van der Waals surface area (Å²) in [6.45, 7) is 1.92. The number of carbonyl (C=O) groups is 3. The predicted octanol–water partition coefficient (Wildman–Crippen LogP) is 2.85. The monoisotopic (exact) mass is 404 g/mol. The van der Waals surface area contributed by atoms with Crippen LogP contribution >= 0.6 is 0 Å². The number of pyridine rings is 1. The number of hydrogen-bond acceptors (Lipinski definition) is 4. The minimum Gasteiger partial charge on any atom is -0.332 e. The van der Waals surface area contributed by atoms with E-state index in [2.05, 4.69) is 5.32 Å². The number of rotatable bonds is 6. The van der Waals surface area contributed by atoms with Crippen LogP contribution in [0.5, 0.6) is 0 Å². The Labute approximate surface area is 174 Å². The maximum atomic E-state index is 12.8. The molecule has 152 valence electrons. The van der Waals surface area contributed by atoms with Crippen LogP contribution in [-0.2, 0) is 16.2 Å². The zero-order valence-corrected chi connectivity index (χ0v) is 16.5. The number of nitrogens with zero attached hydrogens (tertiary/aromatic N) is 2. The Morgan fingerprint density at radius 3 is 2.20 bits per heavy atom. The fourth-order valence-electron chi connectivity index (χ4n) is 2.76. The van der Waals surface area contributed by atoms with Crippen molar-refractivity contribution < 1.29 is 23.8 Å². The lowest BCUT2D eigenvalue weighted by atomic mass is 10.2. The van der Waals surface area contributed by atoms with Crippen LogP contribution < -0.4 is 9.88 Å². The molecule has 0 spiro atoms. The number of hydrogen-bond donors (Lipinski definition) is 1. The lowest BCUT2D eigenvalue weighted by Gasteiger charge is -2.19. The summed E-state index contributed by atoms with van der Waals surface area (Å²) in [6, 6.07) is 20.8. The number of benzene rings is 2. The van der Waals surface area contributed by atoms with Crippen molar-refractivity contribution in [2.45, 2.75) is 13.5 Å². The molecule has 1 aromatic heterocycles. The quantitative estimate of drug-likeness (QED) is 0.506. The van der Waals surface area contributed by atoms with E-state index < -0.39 is 11.9 Å². The lowest BCUT2D eigenvalue weighted by molar-refractivity contribution is -0.684. The molecule has 0 bridgehead atoms. The van der Waals surface area contributed by atoms with Gasteiger partial charge in [-0.1, -0.05) is 36.4 Å². The van der Waals surface area contributed by atoms with Crippen molar-refractivity contribution in [1.29, 1.82) is 0 Å². The molecule has 30 heavy (non-hydrogen) atoms. The molecule has 2 amide bonds. The van der Waals surface area contributed by atoms with E-state index >= 15 is 0 Å². The van der Waals surface area contributed by atoms with Crippen LogP contribution in [0.15, 0.2) is 85.2 Å². The fourth-order valence-corrected chi connectivity index (χ4v) is 2.76. The van der Waals surface area contributed by atoms with Crippen LogP contribution in [0.25, 0.3) is 0 Å². The van der Waals surface area contributed by atoms with E-state index in [1.807, 2.05) is 18.2 Å². The van der Waals surface area contributed by atoms with Gasteiger partial charge in [0.1, 0.15) is 5.56 Å². The Kier molecular flexibility index (Phi) is 6.89. The highest BCUT2D eigenvalue weighted by Crippen LogP contribution is 2.08. The average molecular weight is 404 g/mol. The van der Waals surface area contributed by atoms with Crippen molar-refractivity contribution in [1.82, 2.24) is 5.06 Å². The van der Waals surface area contributed by atoms with Gasteiger partial charge in [-0.25, -0.2) is 4.79 Å². The van der Waals surface area contributed by atoms with Crippen molar-refractivity contribution in [2.24, 2.45) is 0 Å². The van der Waals surface area contributed by atoms with Gasteiger partial charge in [-0.15, -0.1) is 0 Å². The molecule has 0 saturated heterocycles. The average Bonchev–Trinajstić information content (AvgIpc) is 2.78. The predicted molar refractivity (Wildman–Crippen MR) is 110 cm³/mol. The summed E-state index contributed by atoms with van der Waals surface area (Å²) in [5.41, 5.74) is 1.34. The number of aromatic nitrogens is 1. The van der Waals surface area contributed by atoms with Gasteiger partial charge in [0.05, 0.1) is 12.1 Å². The highest BCUT2D eigenvalue weighted by molar-refractivity contribution is 5.95. The van der Waals surface area contributed by atoms with Crippen molar-refractivity contribution >= 4 is 23.5 Å². The molecule has 0 unspecified atom stereocenters. The topological polar surface area (TPSA) is 79.6 Å². The highest BCUT2D eigenvalue weighted by Gasteiger charge is 2.22. The molecule has 0 saturated carbocycles. The summed E-state index contributed by atoms with van der Waals surface area (Å²) < 4.78 is 1.60. The standard InChI is InChI=1S/C23H21N3O4/c1-2-26(30-23(29)18-10-5-3-6-11-18)22(28)19-12-9-15-25(16-19)17-21(27)24-20-13-7-4-8-14-20/h3-16H,2,17H2,1H3/p+1. The molecule has 0 aliphatic heterocycles. The Morgan fingerprint density at radius 2 is 1.53 bits per heavy atom. The van der Waals surface area contributed by atoms with Crippen molar-refractivity contribution in [2.75, 3.05) is 11.9 Å². The molecule has 3 rings (SSSR count). The number of anilines is 1. The smallest absolute Gasteiger partial charge is 0.332 e. The molecule has 0 aliphatic rings. The minimum absolute atomic E-state index is 0.0337. The summed E-state index contributed by atoms with van der Waals surface area (Å²) >= 11 is 0. The van der Waals surface area contributed by atoms with Crippen molar-refractivity contribution in [3.63, 3.8) is 0 Å². The van der Waals surface area contributed by atoms with E-state index in [-0.39, 0.29) is 19.0 Å². The normalized spacial score (nSPS) is 10.2. The third-order valence-corrected chi connectivity index (χ3v) is 4.21. The van der Waals surface area contributed by atoms with Crippen LogP contribution in [0.3, 0.4) is 0 Å². The first-order valence-electron chi connectivity index (χ1n) is 9.50. The summed E-state index contributed by atoms with van der Waals surface area (Å²) in [4.78, 5) is 42.6. The zero-order valence-electron chi connectivity index (χ0n) is 16.5.